The Morgan fingerprint density at radius 3 is 2.92 bits per heavy atom. The summed E-state index contributed by atoms with van der Waals surface area (Å²) in [5, 5.41) is 0. The third-order valence-electron chi connectivity index (χ3n) is 1.72. The second kappa shape index (κ2) is 3.40. The minimum atomic E-state index is 0.747. The summed E-state index contributed by atoms with van der Waals surface area (Å²) >= 11 is 6.88. The molecule has 0 amide bonds. The summed E-state index contributed by atoms with van der Waals surface area (Å²) in [5.41, 5.74) is 1.01. The molecule has 0 spiro atoms. The van der Waals surface area contributed by atoms with E-state index in [-0.39, 0.29) is 0 Å². The fourth-order valence-corrected chi connectivity index (χ4v) is 2.26. The van der Waals surface area contributed by atoms with E-state index in [4.69, 9.17) is 12.2 Å². The zero-order valence-corrected chi connectivity index (χ0v) is 8.71. The molecule has 2 heterocycles. The van der Waals surface area contributed by atoms with Gasteiger partial charge in [-0.15, -0.1) is 11.3 Å². The van der Waals surface area contributed by atoms with Gasteiger partial charge in [-0.25, -0.2) is 4.98 Å². The summed E-state index contributed by atoms with van der Waals surface area (Å²) in [6, 6.07) is 4.16. The lowest BCUT2D eigenvalue weighted by atomic mass is 10.3. The van der Waals surface area contributed by atoms with E-state index in [2.05, 4.69) is 29.0 Å². The van der Waals surface area contributed by atoms with Gasteiger partial charge in [0, 0.05) is 21.5 Å². The van der Waals surface area contributed by atoms with E-state index in [9.17, 15) is 0 Å². The van der Waals surface area contributed by atoms with Gasteiger partial charge in [0.15, 0.2) is 0 Å². The van der Waals surface area contributed by atoms with Crippen molar-refractivity contribution in [2.75, 3.05) is 0 Å². The predicted molar refractivity (Wildman–Crippen MR) is 57.5 cm³/mol. The van der Waals surface area contributed by atoms with Crippen molar-refractivity contribution in [2.45, 2.75) is 6.92 Å². The van der Waals surface area contributed by atoms with Gasteiger partial charge in [0.1, 0.15) is 4.64 Å². The van der Waals surface area contributed by atoms with Gasteiger partial charge in [0.05, 0.1) is 6.33 Å². The van der Waals surface area contributed by atoms with Crippen LogP contribution in [0.3, 0.4) is 0 Å². The SMILES string of the molecule is Cc1ccc(-c2cnc[nH]c2=S)s1. The molecule has 1 N–H and O–H groups in total. The lowest BCUT2D eigenvalue weighted by Gasteiger charge is -1.94. The Kier molecular flexibility index (Phi) is 2.24. The molecule has 13 heavy (non-hydrogen) atoms. The molecule has 0 saturated carbocycles. The topological polar surface area (TPSA) is 28.7 Å². The molecule has 0 atom stereocenters. The van der Waals surface area contributed by atoms with Gasteiger partial charge >= 0.3 is 0 Å². The maximum atomic E-state index is 5.15. The van der Waals surface area contributed by atoms with Gasteiger partial charge in [-0.05, 0) is 19.1 Å². The van der Waals surface area contributed by atoms with Crippen molar-refractivity contribution in [2.24, 2.45) is 0 Å². The molecule has 0 aliphatic rings. The van der Waals surface area contributed by atoms with E-state index in [1.807, 2.05) is 0 Å². The van der Waals surface area contributed by atoms with Gasteiger partial charge in [-0.1, -0.05) is 12.2 Å². The number of thiophene rings is 1. The standard InChI is InChI=1S/C9H8N2S2/c1-6-2-3-8(13-6)7-4-10-5-11-9(7)12/h2-5H,1H3,(H,10,11,12). The van der Waals surface area contributed by atoms with Crippen LogP contribution in [-0.4, -0.2) is 9.97 Å². The molecule has 2 nitrogen and oxygen atoms in total. The number of aryl methyl sites for hydroxylation is 1. The zero-order valence-electron chi connectivity index (χ0n) is 7.07. The Morgan fingerprint density at radius 1 is 1.46 bits per heavy atom. The van der Waals surface area contributed by atoms with Crippen molar-refractivity contribution in [3.8, 4) is 10.4 Å². The van der Waals surface area contributed by atoms with E-state index in [1.54, 1.807) is 23.9 Å². The van der Waals surface area contributed by atoms with Crippen LogP contribution in [-0.2, 0) is 0 Å². The highest BCUT2D eigenvalue weighted by Crippen LogP contribution is 2.26. The van der Waals surface area contributed by atoms with E-state index in [0.717, 1.165) is 10.2 Å². The third kappa shape index (κ3) is 1.68. The smallest absolute Gasteiger partial charge is 0.114 e. The summed E-state index contributed by atoms with van der Waals surface area (Å²) in [5.74, 6) is 0. The van der Waals surface area contributed by atoms with Crippen LogP contribution in [0.5, 0.6) is 0 Å². The van der Waals surface area contributed by atoms with Crippen molar-refractivity contribution < 1.29 is 0 Å². The lowest BCUT2D eigenvalue weighted by Crippen LogP contribution is -1.81. The minimum Gasteiger partial charge on any atom is -0.337 e. The van der Waals surface area contributed by atoms with Gasteiger partial charge < -0.3 is 4.98 Å². The molecular formula is C9H8N2S2. The number of nitrogens with one attached hydrogen (secondary N) is 1. The fourth-order valence-electron chi connectivity index (χ4n) is 1.10. The first-order valence-corrected chi connectivity index (χ1v) is 5.09. The number of aromatic amines is 1. The van der Waals surface area contributed by atoms with Crippen LogP contribution < -0.4 is 0 Å². The molecule has 2 aromatic heterocycles. The highest BCUT2D eigenvalue weighted by molar-refractivity contribution is 7.71. The van der Waals surface area contributed by atoms with Crippen molar-refractivity contribution in [1.29, 1.82) is 0 Å². The molecule has 0 aliphatic heterocycles. The molecule has 0 radical (unpaired) electrons. The maximum absolute atomic E-state index is 5.15. The summed E-state index contributed by atoms with van der Waals surface area (Å²) in [6.45, 7) is 2.08. The first kappa shape index (κ1) is 8.59. The Balaban J connectivity index is 2.59. The average Bonchev–Trinajstić information content (AvgIpc) is 2.53. The van der Waals surface area contributed by atoms with E-state index < -0.39 is 0 Å². The van der Waals surface area contributed by atoms with E-state index in [0.29, 0.717) is 0 Å². The Bertz CT molecular complexity index is 470. The second-order valence-electron chi connectivity index (χ2n) is 2.70. The highest BCUT2D eigenvalue weighted by Gasteiger charge is 2.01. The molecule has 66 valence electrons. The van der Waals surface area contributed by atoms with Crippen LogP contribution in [0.2, 0.25) is 0 Å². The molecule has 2 aromatic rings. The first-order valence-electron chi connectivity index (χ1n) is 3.87. The minimum absolute atomic E-state index is 0.747. The molecular weight excluding hydrogens is 200 g/mol. The largest absolute Gasteiger partial charge is 0.337 e. The monoisotopic (exact) mass is 208 g/mol. The molecule has 4 heteroatoms. The third-order valence-corrected chi connectivity index (χ3v) is 3.10. The van der Waals surface area contributed by atoms with Gasteiger partial charge in [-0.2, -0.15) is 0 Å². The summed E-state index contributed by atoms with van der Waals surface area (Å²) in [7, 11) is 0. The van der Waals surface area contributed by atoms with Crippen molar-refractivity contribution in [3.05, 3.63) is 34.2 Å². The lowest BCUT2D eigenvalue weighted by molar-refractivity contribution is 1.16. The maximum Gasteiger partial charge on any atom is 0.114 e. The van der Waals surface area contributed by atoms with Gasteiger partial charge in [0.25, 0.3) is 0 Å². The second-order valence-corrected chi connectivity index (χ2v) is 4.40. The van der Waals surface area contributed by atoms with Crippen LogP contribution in [0.25, 0.3) is 10.4 Å². The van der Waals surface area contributed by atoms with Crippen LogP contribution >= 0.6 is 23.6 Å². The van der Waals surface area contributed by atoms with Crippen molar-refractivity contribution in [3.63, 3.8) is 0 Å². The molecule has 0 fully saturated rings. The van der Waals surface area contributed by atoms with Crippen LogP contribution in [0.15, 0.2) is 24.7 Å². The molecule has 0 bridgehead atoms. The van der Waals surface area contributed by atoms with Crippen LogP contribution in [0.1, 0.15) is 4.88 Å². The molecule has 0 aromatic carbocycles. The van der Waals surface area contributed by atoms with Gasteiger partial charge in [-0.3, -0.25) is 0 Å². The van der Waals surface area contributed by atoms with E-state index >= 15 is 0 Å². The van der Waals surface area contributed by atoms with Crippen molar-refractivity contribution in [1.82, 2.24) is 9.97 Å². The number of H-pyrrole nitrogens is 1. The van der Waals surface area contributed by atoms with E-state index in [1.165, 1.54) is 9.75 Å². The number of rotatable bonds is 1. The average molecular weight is 208 g/mol. The first-order chi connectivity index (χ1) is 6.27. The predicted octanol–water partition coefficient (Wildman–Crippen LogP) is 3.18. The van der Waals surface area contributed by atoms with Crippen LogP contribution in [0, 0.1) is 11.6 Å². The normalized spacial score (nSPS) is 10.2. The number of nitrogens with zero attached hydrogens (tertiary/aromatic N) is 1. The summed E-state index contributed by atoms with van der Waals surface area (Å²) in [6.07, 6.45) is 3.40. The molecule has 2 rings (SSSR count). The Hall–Kier alpha value is -1.00. The summed E-state index contributed by atoms with van der Waals surface area (Å²) in [4.78, 5) is 9.39. The number of hydrogen-bond donors (Lipinski definition) is 1. The zero-order chi connectivity index (χ0) is 9.26. The highest BCUT2D eigenvalue weighted by atomic mass is 32.1. The molecule has 0 unspecified atom stereocenters. The van der Waals surface area contributed by atoms with Crippen LogP contribution in [0.4, 0.5) is 0 Å². The van der Waals surface area contributed by atoms with Crippen molar-refractivity contribution >= 4 is 23.6 Å². The van der Waals surface area contributed by atoms with Gasteiger partial charge in [0.2, 0.25) is 0 Å². The Morgan fingerprint density at radius 2 is 2.31 bits per heavy atom. The molecule has 0 saturated heterocycles. The molecule has 0 aliphatic carbocycles. The Labute approximate surface area is 85.3 Å². The number of aromatic nitrogens is 2. The number of hydrogen-bond acceptors (Lipinski definition) is 3. The fraction of sp³-hybridized carbons (Fsp3) is 0.111. The quantitative estimate of drug-likeness (QED) is 0.729. The summed E-state index contributed by atoms with van der Waals surface area (Å²) < 4.78 is 0.747.